The standard InChI is InChI=1S/C32H34N4O2/c1-21-18-22(2)31-28(19-21)30(20-23(3)33-31)38-27-10-8-25(9-11-27)35-15-13-26(14-16-35)36-17-12-24-6-4-5-7-29(24)34-32(36)37/h4-11,18-20,26H,12-17H2,1-3H3,(H,34,37). The van der Waals surface area contributed by atoms with E-state index in [4.69, 9.17) is 9.72 Å². The van der Waals surface area contributed by atoms with Crippen molar-refractivity contribution < 1.29 is 9.53 Å². The first-order chi connectivity index (χ1) is 18.4. The van der Waals surface area contributed by atoms with Crippen LogP contribution in [0.2, 0.25) is 0 Å². The molecule has 6 nitrogen and oxygen atoms in total. The lowest BCUT2D eigenvalue weighted by molar-refractivity contribution is 0.177. The van der Waals surface area contributed by atoms with Crippen molar-refractivity contribution in [3.8, 4) is 11.5 Å². The van der Waals surface area contributed by atoms with E-state index in [1.807, 2.05) is 48.2 Å². The van der Waals surface area contributed by atoms with Crippen molar-refractivity contribution in [3.05, 3.63) is 89.1 Å². The maximum Gasteiger partial charge on any atom is 0.322 e. The van der Waals surface area contributed by atoms with Crippen LogP contribution in [0.4, 0.5) is 16.2 Å². The first-order valence-electron chi connectivity index (χ1n) is 13.5. The van der Waals surface area contributed by atoms with Crippen molar-refractivity contribution in [2.24, 2.45) is 0 Å². The highest BCUT2D eigenvalue weighted by molar-refractivity contribution is 5.91. The molecule has 0 atom stereocenters. The fraction of sp³-hybridized carbons (Fsp3) is 0.312. The van der Waals surface area contributed by atoms with E-state index in [0.717, 1.165) is 78.2 Å². The number of anilines is 2. The Morgan fingerprint density at radius 1 is 0.921 bits per heavy atom. The lowest BCUT2D eigenvalue weighted by Crippen LogP contribution is -2.48. The van der Waals surface area contributed by atoms with Gasteiger partial charge in [0.1, 0.15) is 11.5 Å². The first-order valence-corrected chi connectivity index (χ1v) is 13.5. The smallest absolute Gasteiger partial charge is 0.322 e. The average Bonchev–Trinajstić information content (AvgIpc) is 3.08. The summed E-state index contributed by atoms with van der Waals surface area (Å²) in [6.45, 7) is 8.82. The molecule has 0 radical (unpaired) electrons. The Labute approximate surface area is 224 Å². The van der Waals surface area contributed by atoms with Crippen LogP contribution in [0, 0.1) is 20.8 Å². The molecule has 3 aromatic carbocycles. The number of piperidine rings is 1. The number of ether oxygens (including phenoxy) is 1. The number of aromatic nitrogens is 1. The van der Waals surface area contributed by atoms with E-state index in [1.54, 1.807) is 0 Å². The van der Waals surface area contributed by atoms with Gasteiger partial charge in [-0.25, -0.2) is 4.79 Å². The predicted molar refractivity (Wildman–Crippen MR) is 154 cm³/mol. The fourth-order valence-corrected chi connectivity index (χ4v) is 5.88. The van der Waals surface area contributed by atoms with Crippen LogP contribution in [-0.2, 0) is 6.42 Å². The third-order valence-electron chi connectivity index (χ3n) is 7.82. The molecule has 1 aromatic heterocycles. The van der Waals surface area contributed by atoms with Gasteiger partial charge in [0.25, 0.3) is 0 Å². The number of benzene rings is 3. The molecule has 4 aromatic rings. The van der Waals surface area contributed by atoms with Crippen LogP contribution in [-0.4, -0.2) is 41.6 Å². The molecule has 2 aliphatic heterocycles. The summed E-state index contributed by atoms with van der Waals surface area (Å²) in [6, 6.07) is 23.1. The van der Waals surface area contributed by atoms with Gasteiger partial charge in [0.2, 0.25) is 0 Å². The largest absolute Gasteiger partial charge is 0.457 e. The molecule has 6 rings (SSSR count). The molecule has 1 N–H and O–H groups in total. The summed E-state index contributed by atoms with van der Waals surface area (Å²) in [7, 11) is 0. The zero-order chi connectivity index (χ0) is 26.2. The number of para-hydroxylation sites is 1. The Morgan fingerprint density at radius 2 is 1.68 bits per heavy atom. The van der Waals surface area contributed by atoms with E-state index < -0.39 is 0 Å². The minimum Gasteiger partial charge on any atom is -0.457 e. The Morgan fingerprint density at radius 3 is 2.47 bits per heavy atom. The van der Waals surface area contributed by atoms with Gasteiger partial charge in [-0.2, -0.15) is 0 Å². The molecule has 0 bridgehead atoms. The number of carbonyl (C=O) groups excluding carboxylic acids is 1. The maximum atomic E-state index is 12.9. The van der Waals surface area contributed by atoms with Gasteiger partial charge in [0, 0.05) is 54.2 Å². The number of pyridine rings is 1. The van der Waals surface area contributed by atoms with Crippen molar-refractivity contribution in [2.75, 3.05) is 29.9 Å². The Kier molecular flexibility index (Phi) is 6.40. The molecular weight excluding hydrogens is 472 g/mol. The summed E-state index contributed by atoms with van der Waals surface area (Å²) in [5, 5.41) is 4.16. The highest BCUT2D eigenvalue weighted by Gasteiger charge is 2.30. The third-order valence-corrected chi connectivity index (χ3v) is 7.82. The number of amides is 2. The molecule has 194 valence electrons. The molecule has 6 heteroatoms. The van der Waals surface area contributed by atoms with Crippen molar-refractivity contribution in [3.63, 3.8) is 0 Å². The van der Waals surface area contributed by atoms with Crippen LogP contribution < -0.4 is 15.0 Å². The SMILES string of the molecule is Cc1cc(C)c2nc(C)cc(Oc3ccc(N4CCC(N5CCc6ccccc6NC5=O)CC4)cc3)c2c1. The number of fused-ring (bicyclic) bond motifs is 2. The van der Waals surface area contributed by atoms with E-state index in [1.165, 1.54) is 16.8 Å². The Hall–Kier alpha value is -4.06. The molecule has 1 fully saturated rings. The van der Waals surface area contributed by atoms with Crippen molar-refractivity contribution >= 4 is 28.3 Å². The second kappa shape index (κ2) is 10.0. The number of aryl methyl sites for hydroxylation is 3. The van der Waals surface area contributed by atoms with Crippen molar-refractivity contribution in [2.45, 2.75) is 46.1 Å². The number of hydrogen-bond acceptors (Lipinski definition) is 4. The lowest BCUT2D eigenvalue weighted by atomic mass is 10.0. The minimum absolute atomic E-state index is 0.0270. The number of hydrogen-bond donors (Lipinski definition) is 1. The summed E-state index contributed by atoms with van der Waals surface area (Å²) < 4.78 is 6.36. The van der Waals surface area contributed by atoms with Gasteiger partial charge < -0.3 is 19.9 Å². The monoisotopic (exact) mass is 506 g/mol. The Balaban J connectivity index is 1.11. The van der Waals surface area contributed by atoms with E-state index in [0.29, 0.717) is 0 Å². The van der Waals surface area contributed by atoms with Crippen LogP contribution in [0.25, 0.3) is 10.9 Å². The van der Waals surface area contributed by atoms with Crippen LogP contribution in [0.3, 0.4) is 0 Å². The van der Waals surface area contributed by atoms with E-state index in [-0.39, 0.29) is 12.1 Å². The second-order valence-corrected chi connectivity index (χ2v) is 10.6. The number of carbonyl (C=O) groups is 1. The number of urea groups is 1. The van der Waals surface area contributed by atoms with Crippen molar-refractivity contribution in [1.82, 2.24) is 9.88 Å². The lowest BCUT2D eigenvalue weighted by Gasteiger charge is -2.39. The molecule has 38 heavy (non-hydrogen) atoms. The average molecular weight is 507 g/mol. The van der Waals surface area contributed by atoms with E-state index >= 15 is 0 Å². The maximum absolute atomic E-state index is 12.9. The zero-order valence-corrected chi connectivity index (χ0v) is 22.3. The summed E-state index contributed by atoms with van der Waals surface area (Å²) >= 11 is 0. The normalized spacial score (nSPS) is 16.2. The second-order valence-electron chi connectivity index (χ2n) is 10.6. The van der Waals surface area contributed by atoms with Crippen molar-refractivity contribution in [1.29, 1.82) is 0 Å². The molecule has 2 amide bonds. The summed E-state index contributed by atoms with van der Waals surface area (Å²) in [5.74, 6) is 1.65. The molecule has 0 aliphatic carbocycles. The Bertz CT molecular complexity index is 1490. The third kappa shape index (κ3) is 4.78. The molecular formula is C32H34N4O2. The molecule has 3 heterocycles. The zero-order valence-electron chi connectivity index (χ0n) is 22.3. The summed E-state index contributed by atoms with van der Waals surface area (Å²) in [6.07, 6.45) is 2.81. The number of rotatable bonds is 4. The highest BCUT2D eigenvalue weighted by Crippen LogP contribution is 2.34. The molecule has 0 saturated carbocycles. The minimum atomic E-state index is 0.0270. The predicted octanol–water partition coefficient (Wildman–Crippen LogP) is 7.01. The molecule has 1 saturated heterocycles. The van der Waals surface area contributed by atoms with Crippen LogP contribution >= 0.6 is 0 Å². The molecule has 0 spiro atoms. The first kappa shape index (κ1) is 24.3. The highest BCUT2D eigenvalue weighted by atomic mass is 16.5. The van der Waals surface area contributed by atoms with Crippen LogP contribution in [0.1, 0.15) is 35.2 Å². The van der Waals surface area contributed by atoms with Crippen LogP contribution in [0.15, 0.2) is 66.7 Å². The van der Waals surface area contributed by atoms with Gasteiger partial charge in [-0.15, -0.1) is 0 Å². The van der Waals surface area contributed by atoms with E-state index in [2.05, 4.69) is 54.4 Å². The van der Waals surface area contributed by atoms with E-state index in [9.17, 15) is 4.79 Å². The van der Waals surface area contributed by atoms with Gasteiger partial charge >= 0.3 is 6.03 Å². The van der Waals surface area contributed by atoms with Crippen LogP contribution in [0.5, 0.6) is 11.5 Å². The molecule has 0 unspecified atom stereocenters. The van der Waals surface area contributed by atoms with Gasteiger partial charge in [0.05, 0.1) is 5.52 Å². The van der Waals surface area contributed by atoms with Gasteiger partial charge in [-0.1, -0.05) is 24.3 Å². The quantitative estimate of drug-likeness (QED) is 0.323. The topological polar surface area (TPSA) is 57.7 Å². The van der Waals surface area contributed by atoms with Gasteiger partial charge in [0.15, 0.2) is 0 Å². The molecule has 2 aliphatic rings. The summed E-state index contributed by atoms with van der Waals surface area (Å²) in [5.41, 5.74) is 7.64. The fourth-order valence-electron chi connectivity index (χ4n) is 5.88. The van der Waals surface area contributed by atoms with Gasteiger partial charge in [-0.3, -0.25) is 4.98 Å². The summed E-state index contributed by atoms with van der Waals surface area (Å²) in [4.78, 5) is 22.1. The number of nitrogens with one attached hydrogen (secondary N) is 1. The number of nitrogens with zero attached hydrogens (tertiary/aromatic N) is 3. The van der Waals surface area contributed by atoms with Gasteiger partial charge in [-0.05, 0) is 93.1 Å².